The van der Waals surface area contributed by atoms with Gasteiger partial charge < -0.3 is 11.1 Å². The topological polar surface area (TPSA) is 105 Å². The minimum atomic E-state index is -0.181. The molecule has 0 amide bonds. The van der Waals surface area contributed by atoms with Crippen molar-refractivity contribution in [1.82, 2.24) is 23.9 Å². The van der Waals surface area contributed by atoms with E-state index in [-0.39, 0.29) is 6.04 Å². The fourth-order valence-corrected chi connectivity index (χ4v) is 2.33. The van der Waals surface area contributed by atoms with Gasteiger partial charge in [-0.2, -0.15) is 13.8 Å². The Bertz CT molecular complexity index is 695. The number of halogens is 1. The first-order chi connectivity index (χ1) is 10.3. The second-order valence-electron chi connectivity index (χ2n) is 4.28. The van der Waals surface area contributed by atoms with Gasteiger partial charge in [-0.3, -0.25) is 5.10 Å². The summed E-state index contributed by atoms with van der Waals surface area (Å²) in [5, 5.41) is 11.0. The SMILES string of the molecule is NCC(Nc1ccc(Cl)cc1)c1nc(-c2cnsn2)n[nH]1. The van der Waals surface area contributed by atoms with E-state index in [9.17, 15) is 0 Å². The monoisotopic (exact) mass is 321 g/mol. The second kappa shape index (κ2) is 6.17. The standard InChI is InChI=1S/C12H12ClN7S/c13-7-1-3-8(4-2-7)16-9(5-14)11-17-12(19-18-11)10-6-15-21-20-10/h1-4,6,9,16H,5,14H2,(H,17,18,19). The third kappa shape index (κ3) is 3.18. The van der Waals surface area contributed by atoms with Gasteiger partial charge in [-0.25, -0.2) is 4.98 Å². The highest BCUT2D eigenvalue weighted by Crippen LogP contribution is 2.20. The van der Waals surface area contributed by atoms with Gasteiger partial charge in [0.05, 0.1) is 24.0 Å². The summed E-state index contributed by atoms with van der Waals surface area (Å²) in [5.41, 5.74) is 7.36. The van der Waals surface area contributed by atoms with Crippen LogP contribution >= 0.6 is 23.3 Å². The Morgan fingerprint density at radius 3 is 2.81 bits per heavy atom. The first-order valence-electron chi connectivity index (χ1n) is 6.18. The molecular formula is C12H12ClN7S. The van der Waals surface area contributed by atoms with Gasteiger partial charge in [-0.1, -0.05) is 11.6 Å². The summed E-state index contributed by atoms with van der Waals surface area (Å²) in [5.74, 6) is 1.16. The molecule has 0 spiro atoms. The fraction of sp³-hybridized carbons (Fsp3) is 0.167. The number of hydrogen-bond donors (Lipinski definition) is 3. The maximum atomic E-state index is 5.87. The Hall–Kier alpha value is -2.03. The van der Waals surface area contributed by atoms with Crippen LogP contribution in [0.4, 0.5) is 5.69 Å². The second-order valence-corrected chi connectivity index (χ2v) is 5.27. The van der Waals surface area contributed by atoms with Crippen molar-refractivity contribution in [2.75, 3.05) is 11.9 Å². The third-order valence-corrected chi connectivity index (χ3v) is 3.57. The molecule has 0 aliphatic carbocycles. The lowest BCUT2D eigenvalue weighted by Crippen LogP contribution is -2.21. The van der Waals surface area contributed by atoms with Crippen molar-refractivity contribution in [2.45, 2.75) is 6.04 Å². The molecule has 0 bridgehead atoms. The summed E-state index contributed by atoms with van der Waals surface area (Å²) < 4.78 is 8.03. The number of nitrogens with one attached hydrogen (secondary N) is 2. The number of aromatic nitrogens is 5. The lowest BCUT2D eigenvalue weighted by atomic mass is 10.2. The summed E-state index contributed by atoms with van der Waals surface area (Å²) in [6.07, 6.45) is 1.63. The predicted molar refractivity (Wildman–Crippen MR) is 82.2 cm³/mol. The third-order valence-electron chi connectivity index (χ3n) is 2.84. The molecule has 3 aromatic rings. The Morgan fingerprint density at radius 1 is 1.33 bits per heavy atom. The average Bonchev–Trinajstić information content (AvgIpc) is 3.17. The van der Waals surface area contributed by atoms with Gasteiger partial charge in [0, 0.05) is 17.3 Å². The number of nitrogens with zero attached hydrogens (tertiary/aromatic N) is 4. The van der Waals surface area contributed by atoms with E-state index in [1.54, 1.807) is 6.20 Å². The van der Waals surface area contributed by atoms with Crippen molar-refractivity contribution in [3.05, 3.63) is 41.3 Å². The molecule has 108 valence electrons. The maximum absolute atomic E-state index is 5.87. The number of rotatable bonds is 5. The molecule has 7 nitrogen and oxygen atoms in total. The van der Waals surface area contributed by atoms with Crippen molar-refractivity contribution >= 4 is 29.0 Å². The van der Waals surface area contributed by atoms with E-state index in [0.717, 1.165) is 17.4 Å². The summed E-state index contributed by atoms with van der Waals surface area (Å²) in [6.45, 7) is 0.368. The number of hydrogen-bond acceptors (Lipinski definition) is 7. The highest BCUT2D eigenvalue weighted by atomic mass is 35.5. The summed E-state index contributed by atoms with van der Waals surface area (Å²) in [7, 11) is 0. The smallest absolute Gasteiger partial charge is 0.202 e. The normalized spacial score (nSPS) is 12.3. The summed E-state index contributed by atoms with van der Waals surface area (Å²) in [6, 6.07) is 7.20. The highest BCUT2D eigenvalue weighted by molar-refractivity contribution is 6.99. The maximum Gasteiger partial charge on any atom is 0.202 e. The van der Waals surface area contributed by atoms with Gasteiger partial charge >= 0.3 is 0 Å². The molecule has 2 heterocycles. The van der Waals surface area contributed by atoms with Crippen molar-refractivity contribution in [3.63, 3.8) is 0 Å². The zero-order chi connectivity index (χ0) is 14.7. The number of H-pyrrole nitrogens is 1. The predicted octanol–water partition coefficient (Wildman–Crippen LogP) is 2.09. The Kier molecular flexibility index (Phi) is 4.09. The van der Waals surface area contributed by atoms with Gasteiger partial charge in [-0.15, -0.1) is 0 Å². The molecule has 9 heteroatoms. The van der Waals surface area contributed by atoms with Crippen LogP contribution in [-0.4, -0.2) is 30.5 Å². The van der Waals surface area contributed by atoms with E-state index >= 15 is 0 Å². The number of anilines is 1. The summed E-state index contributed by atoms with van der Waals surface area (Å²) in [4.78, 5) is 4.41. The molecule has 21 heavy (non-hydrogen) atoms. The van der Waals surface area contributed by atoms with E-state index in [4.69, 9.17) is 17.3 Å². The molecule has 0 saturated carbocycles. The van der Waals surface area contributed by atoms with E-state index in [0.29, 0.717) is 28.9 Å². The van der Waals surface area contributed by atoms with E-state index < -0.39 is 0 Å². The minimum absolute atomic E-state index is 0.181. The molecular weight excluding hydrogens is 310 g/mol. The van der Waals surface area contributed by atoms with Crippen LogP contribution in [0.1, 0.15) is 11.9 Å². The minimum Gasteiger partial charge on any atom is -0.374 e. The van der Waals surface area contributed by atoms with Gasteiger partial charge in [0.2, 0.25) is 5.82 Å². The van der Waals surface area contributed by atoms with Gasteiger partial charge in [-0.05, 0) is 24.3 Å². The van der Waals surface area contributed by atoms with Crippen molar-refractivity contribution in [2.24, 2.45) is 5.73 Å². The molecule has 1 aromatic carbocycles. The van der Waals surface area contributed by atoms with Crippen LogP contribution in [-0.2, 0) is 0 Å². The molecule has 3 rings (SSSR count). The van der Waals surface area contributed by atoms with Gasteiger partial charge in [0.1, 0.15) is 11.5 Å². The highest BCUT2D eigenvalue weighted by Gasteiger charge is 2.16. The Labute approximate surface area is 129 Å². The molecule has 1 unspecified atom stereocenters. The van der Waals surface area contributed by atoms with Crippen LogP contribution in [0.5, 0.6) is 0 Å². The zero-order valence-electron chi connectivity index (χ0n) is 10.8. The average molecular weight is 322 g/mol. The van der Waals surface area contributed by atoms with Crippen LogP contribution in [0.15, 0.2) is 30.5 Å². The van der Waals surface area contributed by atoms with Crippen LogP contribution < -0.4 is 11.1 Å². The van der Waals surface area contributed by atoms with E-state index in [1.807, 2.05) is 24.3 Å². The molecule has 0 aliphatic rings. The van der Waals surface area contributed by atoms with Crippen LogP contribution in [0.25, 0.3) is 11.5 Å². The fourth-order valence-electron chi connectivity index (χ4n) is 1.79. The molecule has 0 fully saturated rings. The molecule has 4 N–H and O–H groups in total. The Morgan fingerprint density at radius 2 is 2.14 bits per heavy atom. The number of nitrogens with two attached hydrogens (primary N) is 1. The zero-order valence-corrected chi connectivity index (χ0v) is 12.4. The van der Waals surface area contributed by atoms with Gasteiger partial charge in [0.25, 0.3) is 0 Å². The quantitative estimate of drug-likeness (QED) is 0.664. The van der Waals surface area contributed by atoms with Crippen LogP contribution in [0.3, 0.4) is 0 Å². The lowest BCUT2D eigenvalue weighted by molar-refractivity contribution is 0.730. The van der Waals surface area contributed by atoms with Crippen LogP contribution in [0, 0.1) is 0 Å². The van der Waals surface area contributed by atoms with Crippen molar-refractivity contribution < 1.29 is 0 Å². The first-order valence-corrected chi connectivity index (χ1v) is 7.29. The molecule has 1 atom stereocenters. The number of aromatic amines is 1. The van der Waals surface area contributed by atoms with E-state index in [2.05, 4.69) is 29.2 Å². The molecule has 2 aromatic heterocycles. The largest absolute Gasteiger partial charge is 0.374 e. The lowest BCUT2D eigenvalue weighted by Gasteiger charge is -2.15. The first kappa shape index (κ1) is 13.9. The van der Waals surface area contributed by atoms with Crippen molar-refractivity contribution in [1.29, 1.82) is 0 Å². The Balaban J connectivity index is 1.78. The molecule has 0 saturated heterocycles. The van der Waals surface area contributed by atoms with Crippen molar-refractivity contribution in [3.8, 4) is 11.5 Å². The molecule has 0 radical (unpaired) electrons. The van der Waals surface area contributed by atoms with Crippen LogP contribution in [0.2, 0.25) is 5.02 Å². The van der Waals surface area contributed by atoms with E-state index in [1.165, 1.54) is 0 Å². The molecule has 0 aliphatic heterocycles. The number of benzene rings is 1. The van der Waals surface area contributed by atoms with Gasteiger partial charge in [0.15, 0.2) is 0 Å². The summed E-state index contributed by atoms with van der Waals surface area (Å²) >= 11 is 6.98.